The fraction of sp³-hybridized carbons (Fsp3) is 0.261. The van der Waals surface area contributed by atoms with E-state index in [0.717, 1.165) is 5.75 Å². The number of aliphatic carboxylic acids is 1. The van der Waals surface area contributed by atoms with E-state index in [4.69, 9.17) is 21.1 Å². The smallest absolute Gasteiger partial charge is 0.266 e. The fourth-order valence-electron chi connectivity index (χ4n) is 2.90. The van der Waals surface area contributed by atoms with Crippen molar-refractivity contribution in [1.29, 1.82) is 0 Å². The zero-order valence-electron chi connectivity index (χ0n) is 17.8. The maximum Gasteiger partial charge on any atom is 0.266 e. The molecule has 1 amide bonds. The summed E-state index contributed by atoms with van der Waals surface area (Å²) >= 11 is 7.48. The molecule has 3 rings (SSSR count). The molecular formula is C23H22ClN2O5S-. The number of amidine groups is 1. The molecule has 168 valence electrons. The lowest BCUT2D eigenvalue weighted by Gasteiger charge is -2.17. The first-order valence-corrected chi connectivity index (χ1v) is 11.0. The molecule has 0 bridgehead atoms. The van der Waals surface area contributed by atoms with E-state index in [1.807, 2.05) is 38.1 Å². The van der Waals surface area contributed by atoms with E-state index < -0.39 is 12.6 Å². The average molecular weight is 474 g/mol. The second-order valence-electron chi connectivity index (χ2n) is 7.36. The summed E-state index contributed by atoms with van der Waals surface area (Å²) in [5.74, 6) is -0.257. The third-order valence-electron chi connectivity index (χ3n) is 4.33. The van der Waals surface area contributed by atoms with Crippen molar-refractivity contribution in [2.24, 2.45) is 10.9 Å². The van der Waals surface area contributed by atoms with Crippen molar-refractivity contribution in [3.05, 3.63) is 58.0 Å². The van der Waals surface area contributed by atoms with Crippen LogP contribution in [-0.4, -0.2) is 42.2 Å². The van der Waals surface area contributed by atoms with Crippen LogP contribution < -0.4 is 14.6 Å². The molecule has 2 aromatic rings. The van der Waals surface area contributed by atoms with Crippen LogP contribution in [0.2, 0.25) is 5.02 Å². The van der Waals surface area contributed by atoms with Crippen LogP contribution in [0.3, 0.4) is 0 Å². The minimum atomic E-state index is -1.34. The van der Waals surface area contributed by atoms with Crippen LogP contribution in [0.4, 0.5) is 5.69 Å². The molecule has 0 atom stereocenters. The lowest BCUT2D eigenvalue weighted by molar-refractivity contribution is -0.307. The number of rotatable bonds is 8. The zero-order valence-corrected chi connectivity index (χ0v) is 19.4. The summed E-state index contributed by atoms with van der Waals surface area (Å²) in [5, 5.41) is 11.4. The summed E-state index contributed by atoms with van der Waals surface area (Å²) in [7, 11) is 1.60. The Labute approximate surface area is 195 Å². The molecule has 9 heteroatoms. The van der Waals surface area contributed by atoms with Crippen molar-refractivity contribution in [1.82, 2.24) is 4.90 Å². The lowest BCUT2D eigenvalue weighted by atomic mass is 10.2. The van der Waals surface area contributed by atoms with Gasteiger partial charge in [0, 0.05) is 6.54 Å². The van der Waals surface area contributed by atoms with Gasteiger partial charge in [-0.25, -0.2) is 4.99 Å². The Morgan fingerprint density at radius 3 is 2.56 bits per heavy atom. The molecule has 1 saturated heterocycles. The van der Waals surface area contributed by atoms with Crippen LogP contribution in [0.5, 0.6) is 11.5 Å². The Balaban J connectivity index is 1.87. The van der Waals surface area contributed by atoms with Crippen LogP contribution in [0.1, 0.15) is 19.4 Å². The van der Waals surface area contributed by atoms with Crippen molar-refractivity contribution in [2.75, 3.05) is 20.3 Å². The number of hydrogen-bond donors (Lipinski definition) is 0. The first-order chi connectivity index (χ1) is 15.3. The highest BCUT2D eigenvalue weighted by atomic mass is 35.5. The number of hydrogen-bond acceptors (Lipinski definition) is 7. The van der Waals surface area contributed by atoms with Crippen LogP contribution in [0.15, 0.2) is 52.4 Å². The summed E-state index contributed by atoms with van der Waals surface area (Å²) < 4.78 is 10.3. The van der Waals surface area contributed by atoms with E-state index in [2.05, 4.69) is 4.99 Å². The number of aliphatic imine (C=N–C) groups is 1. The van der Waals surface area contributed by atoms with Gasteiger partial charge in [-0.05, 0) is 65.7 Å². The van der Waals surface area contributed by atoms with Gasteiger partial charge in [-0.3, -0.25) is 9.69 Å². The molecule has 0 radical (unpaired) electrons. The minimum absolute atomic E-state index is 0.135. The van der Waals surface area contributed by atoms with E-state index in [9.17, 15) is 14.7 Å². The quantitative estimate of drug-likeness (QED) is 0.542. The number of carboxylic acid groups (broad SMARTS) is 1. The van der Waals surface area contributed by atoms with Gasteiger partial charge in [0.25, 0.3) is 5.91 Å². The molecule has 0 aromatic heterocycles. The Morgan fingerprint density at radius 1 is 1.25 bits per heavy atom. The third kappa shape index (κ3) is 6.05. The number of thioether (sulfide) groups is 1. The number of benzene rings is 2. The largest absolute Gasteiger partial charge is 0.546 e. The minimum Gasteiger partial charge on any atom is -0.546 e. The lowest BCUT2D eigenvalue weighted by Crippen LogP contribution is -2.32. The first-order valence-electron chi connectivity index (χ1n) is 9.83. The fourth-order valence-corrected chi connectivity index (χ4v) is 4.15. The Hall–Kier alpha value is -2.97. The zero-order chi connectivity index (χ0) is 23.3. The van der Waals surface area contributed by atoms with Crippen molar-refractivity contribution in [2.45, 2.75) is 13.8 Å². The van der Waals surface area contributed by atoms with Crippen molar-refractivity contribution < 1.29 is 24.2 Å². The Bertz CT molecular complexity index is 1070. The van der Waals surface area contributed by atoms with Gasteiger partial charge in [-0.1, -0.05) is 31.5 Å². The second kappa shape index (κ2) is 10.6. The summed E-state index contributed by atoms with van der Waals surface area (Å²) in [5.41, 5.74) is 1.40. The van der Waals surface area contributed by atoms with Crippen LogP contribution in [0, 0.1) is 5.92 Å². The van der Waals surface area contributed by atoms with E-state index in [-0.39, 0.29) is 22.6 Å². The van der Waals surface area contributed by atoms with Gasteiger partial charge in [0.05, 0.1) is 28.7 Å². The molecule has 0 N–H and O–H groups in total. The molecule has 32 heavy (non-hydrogen) atoms. The summed E-state index contributed by atoms with van der Waals surface area (Å²) in [6, 6.07) is 12.2. The molecule has 0 saturated carbocycles. The topological polar surface area (TPSA) is 91.3 Å². The highest BCUT2D eigenvalue weighted by Crippen LogP contribution is 2.36. The second-order valence-corrected chi connectivity index (χ2v) is 8.78. The maximum absolute atomic E-state index is 13.1. The number of nitrogens with zero attached hydrogens (tertiary/aromatic N) is 2. The van der Waals surface area contributed by atoms with Gasteiger partial charge in [0.15, 0.2) is 5.17 Å². The Morgan fingerprint density at radius 2 is 1.97 bits per heavy atom. The van der Waals surface area contributed by atoms with Gasteiger partial charge in [0.1, 0.15) is 18.1 Å². The number of methoxy groups -OCH3 is 1. The highest BCUT2D eigenvalue weighted by Gasteiger charge is 2.33. The van der Waals surface area contributed by atoms with E-state index >= 15 is 0 Å². The predicted molar refractivity (Wildman–Crippen MR) is 124 cm³/mol. The van der Waals surface area contributed by atoms with Gasteiger partial charge in [-0.15, -0.1) is 0 Å². The van der Waals surface area contributed by atoms with Crippen LogP contribution >= 0.6 is 23.4 Å². The molecular weight excluding hydrogens is 452 g/mol. The summed E-state index contributed by atoms with van der Waals surface area (Å²) in [6.45, 7) is 4.02. The first kappa shape index (κ1) is 23.7. The summed E-state index contributed by atoms with van der Waals surface area (Å²) in [6.07, 6.45) is 1.73. The molecule has 1 fully saturated rings. The van der Waals surface area contributed by atoms with Crippen LogP contribution in [0.25, 0.3) is 6.08 Å². The number of carbonyl (C=O) groups is 2. The van der Waals surface area contributed by atoms with Gasteiger partial charge < -0.3 is 19.4 Å². The van der Waals surface area contributed by atoms with E-state index in [0.29, 0.717) is 27.9 Å². The van der Waals surface area contributed by atoms with E-state index in [1.165, 1.54) is 11.8 Å². The van der Waals surface area contributed by atoms with Crippen molar-refractivity contribution in [3.63, 3.8) is 0 Å². The van der Waals surface area contributed by atoms with E-state index in [1.54, 1.807) is 36.3 Å². The molecule has 1 aliphatic heterocycles. The molecule has 0 aliphatic carbocycles. The van der Waals surface area contributed by atoms with Crippen molar-refractivity contribution >= 4 is 52.2 Å². The van der Waals surface area contributed by atoms with Gasteiger partial charge >= 0.3 is 0 Å². The number of halogens is 1. The van der Waals surface area contributed by atoms with Gasteiger partial charge in [-0.2, -0.15) is 0 Å². The number of ether oxygens (including phenoxy) is 2. The standard InChI is InChI=1S/C23H23ClN2O5S/c1-14(2)12-26-22(29)20(32-23(26)25-16-5-7-17(30-3)8-6-16)11-15-4-9-19(18(24)10-15)31-13-21(27)28/h4-11,14H,12-13H2,1-3H3,(H,27,28)/p-1/b20-11-,25-23?. The van der Waals surface area contributed by atoms with Gasteiger partial charge in [0.2, 0.25) is 0 Å². The maximum atomic E-state index is 13.1. The predicted octanol–water partition coefficient (Wildman–Crippen LogP) is 3.74. The highest BCUT2D eigenvalue weighted by molar-refractivity contribution is 8.18. The third-order valence-corrected chi connectivity index (χ3v) is 5.63. The molecule has 0 spiro atoms. The molecule has 2 aromatic carbocycles. The summed E-state index contributed by atoms with van der Waals surface area (Å²) in [4.78, 5) is 30.5. The Kier molecular flexibility index (Phi) is 7.82. The molecule has 1 aliphatic rings. The molecule has 1 heterocycles. The average Bonchev–Trinajstić information content (AvgIpc) is 3.02. The van der Waals surface area contributed by atoms with Crippen molar-refractivity contribution in [3.8, 4) is 11.5 Å². The number of carbonyl (C=O) groups excluding carboxylic acids is 2. The molecule has 7 nitrogen and oxygen atoms in total. The normalized spacial score (nSPS) is 16.3. The monoisotopic (exact) mass is 473 g/mol. The molecule has 0 unspecified atom stereocenters. The van der Waals surface area contributed by atoms with Crippen LogP contribution in [-0.2, 0) is 9.59 Å². The number of amides is 1. The SMILES string of the molecule is COc1ccc(N=C2S/C(=C\c3ccc(OCC(=O)[O-])c(Cl)c3)C(=O)N2CC(C)C)cc1. The number of carboxylic acids is 1.